The largest absolute Gasteiger partial charge is 0.482 e. The number of amides is 1. The third kappa shape index (κ3) is 5.55. The number of carbonyl (C=O) groups is 2. The number of aromatic amines is 1. The van der Waals surface area contributed by atoms with Gasteiger partial charge in [-0.05, 0) is 66.2 Å². The summed E-state index contributed by atoms with van der Waals surface area (Å²) in [5.41, 5.74) is 2.95. The third-order valence-electron chi connectivity index (χ3n) is 4.56. The first-order valence-corrected chi connectivity index (χ1v) is 10.7. The molecule has 0 fully saturated rings. The van der Waals surface area contributed by atoms with Crippen molar-refractivity contribution in [3.63, 3.8) is 0 Å². The third-order valence-corrected chi connectivity index (χ3v) is 5.69. The van der Waals surface area contributed by atoms with Gasteiger partial charge in [0.15, 0.2) is 6.61 Å². The molecule has 0 aliphatic rings. The highest BCUT2D eigenvalue weighted by molar-refractivity contribution is 7.99. The van der Waals surface area contributed by atoms with Crippen LogP contribution in [0, 0.1) is 6.92 Å². The second kappa shape index (κ2) is 9.96. The minimum atomic E-state index is -1.07. The zero-order valence-corrected chi connectivity index (χ0v) is 18.3. The Labute approximate surface area is 193 Å². The number of aryl methyl sites for hydroxylation is 1. The normalized spacial score (nSPS) is 10.6. The van der Waals surface area contributed by atoms with Gasteiger partial charge in [-0.3, -0.25) is 4.79 Å². The average molecular weight is 462 g/mol. The van der Waals surface area contributed by atoms with Gasteiger partial charge in [0.2, 0.25) is 5.82 Å². The number of nitrogens with one attached hydrogen (secondary N) is 2. The van der Waals surface area contributed by atoms with Crippen LogP contribution in [0.1, 0.15) is 15.9 Å². The lowest BCUT2D eigenvalue weighted by Crippen LogP contribution is -2.13. The van der Waals surface area contributed by atoms with Crippen molar-refractivity contribution >= 4 is 29.3 Å². The molecule has 0 unspecified atom stereocenters. The lowest BCUT2D eigenvalue weighted by molar-refractivity contribution is -0.139. The molecule has 0 radical (unpaired) electrons. The minimum Gasteiger partial charge on any atom is -0.482 e. The van der Waals surface area contributed by atoms with Crippen LogP contribution in [-0.2, 0) is 4.79 Å². The molecule has 3 aromatic carbocycles. The zero-order valence-electron chi connectivity index (χ0n) is 17.5. The summed E-state index contributed by atoms with van der Waals surface area (Å²) in [6, 6.07) is 19.8. The number of hydrogen-bond acceptors (Lipinski definition) is 7. The number of hydrogen-bond donors (Lipinski definition) is 3. The quantitative estimate of drug-likeness (QED) is 0.358. The lowest BCUT2D eigenvalue weighted by atomic mass is 10.2. The number of benzene rings is 3. The first-order valence-electron chi connectivity index (χ1n) is 9.87. The summed E-state index contributed by atoms with van der Waals surface area (Å²) in [6.07, 6.45) is 0. The molecule has 4 aromatic rings. The molecule has 0 aliphatic heterocycles. The maximum Gasteiger partial charge on any atom is 0.341 e. The van der Waals surface area contributed by atoms with Gasteiger partial charge < -0.3 is 15.2 Å². The van der Waals surface area contributed by atoms with E-state index in [9.17, 15) is 9.59 Å². The number of carboxylic acids is 1. The predicted molar refractivity (Wildman–Crippen MR) is 122 cm³/mol. The number of aliphatic carboxylic acids is 1. The highest BCUT2D eigenvalue weighted by atomic mass is 32.2. The van der Waals surface area contributed by atoms with E-state index in [2.05, 4.69) is 25.9 Å². The Kier molecular flexibility index (Phi) is 6.65. The van der Waals surface area contributed by atoms with Gasteiger partial charge in [0.05, 0.1) is 5.69 Å². The Balaban J connectivity index is 1.55. The second-order valence-electron chi connectivity index (χ2n) is 6.99. The van der Waals surface area contributed by atoms with Gasteiger partial charge in [-0.15, -0.1) is 10.2 Å². The van der Waals surface area contributed by atoms with Crippen molar-refractivity contribution in [2.24, 2.45) is 0 Å². The van der Waals surface area contributed by atoms with Gasteiger partial charge in [0.1, 0.15) is 5.75 Å². The van der Waals surface area contributed by atoms with E-state index in [4.69, 9.17) is 9.84 Å². The molecule has 33 heavy (non-hydrogen) atoms. The molecule has 1 amide bonds. The van der Waals surface area contributed by atoms with Gasteiger partial charge in [0.25, 0.3) is 5.91 Å². The van der Waals surface area contributed by atoms with Gasteiger partial charge in [-0.25, -0.2) is 4.79 Å². The number of aromatic nitrogens is 4. The number of carboxylic acid groups (broad SMARTS) is 1. The van der Waals surface area contributed by atoms with Crippen LogP contribution in [0.25, 0.3) is 11.4 Å². The maximum atomic E-state index is 12.8. The molecule has 0 aliphatic carbocycles. The molecule has 0 saturated heterocycles. The monoisotopic (exact) mass is 461 g/mol. The summed E-state index contributed by atoms with van der Waals surface area (Å²) in [7, 11) is 0. The van der Waals surface area contributed by atoms with Crippen LogP contribution in [0.15, 0.2) is 76.5 Å². The topological polar surface area (TPSA) is 130 Å². The molecule has 0 atom stereocenters. The van der Waals surface area contributed by atoms with Crippen molar-refractivity contribution < 1.29 is 19.4 Å². The number of ether oxygens (including phenoxy) is 1. The molecule has 4 rings (SSSR count). The van der Waals surface area contributed by atoms with Crippen LogP contribution in [-0.4, -0.2) is 44.2 Å². The molecule has 0 saturated carbocycles. The Morgan fingerprint density at radius 1 is 1.06 bits per heavy atom. The first-order chi connectivity index (χ1) is 16.0. The van der Waals surface area contributed by atoms with Crippen LogP contribution in [0.3, 0.4) is 0 Å². The molecule has 1 aromatic heterocycles. The van der Waals surface area contributed by atoms with Crippen LogP contribution in [0.2, 0.25) is 0 Å². The molecule has 166 valence electrons. The van der Waals surface area contributed by atoms with Crippen LogP contribution in [0.4, 0.5) is 5.69 Å². The van der Waals surface area contributed by atoms with Crippen molar-refractivity contribution in [1.82, 2.24) is 20.6 Å². The van der Waals surface area contributed by atoms with Gasteiger partial charge in [-0.2, -0.15) is 5.21 Å². The Bertz CT molecular complexity index is 1280. The fourth-order valence-electron chi connectivity index (χ4n) is 2.99. The van der Waals surface area contributed by atoms with Gasteiger partial charge in [0, 0.05) is 20.9 Å². The summed E-state index contributed by atoms with van der Waals surface area (Å²) in [5.74, 6) is -0.501. The van der Waals surface area contributed by atoms with E-state index in [0.29, 0.717) is 22.8 Å². The van der Waals surface area contributed by atoms with Crippen LogP contribution < -0.4 is 10.1 Å². The van der Waals surface area contributed by atoms with E-state index in [1.807, 2.05) is 49.4 Å². The zero-order chi connectivity index (χ0) is 23.2. The molecule has 9 nitrogen and oxygen atoms in total. The average Bonchev–Trinajstić information content (AvgIpc) is 3.35. The van der Waals surface area contributed by atoms with Gasteiger partial charge >= 0.3 is 5.97 Å². The highest BCUT2D eigenvalue weighted by Crippen LogP contribution is 2.38. The minimum absolute atomic E-state index is 0.294. The van der Waals surface area contributed by atoms with E-state index in [-0.39, 0.29) is 5.91 Å². The Morgan fingerprint density at radius 3 is 2.58 bits per heavy atom. The number of nitrogens with zero attached hydrogens (tertiary/aromatic N) is 3. The summed E-state index contributed by atoms with van der Waals surface area (Å²) in [5, 5.41) is 25.9. The van der Waals surface area contributed by atoms with Crippen LogP contribution in [0.5, 0.6) is 5.75 Å². The first kappa shape index (κ1) is 22.0. The summed E-state index contributed by atoms with van der Waals surface area (Å²) < 4.78 is 5.11. The van der Waals surface area contributed by atoms with Gasteiger partial charge in [-0.1, -0.05) is 30.0 Å². The Hall–Kier alpha value is -4.18. The fourth-order valence-corrected chi connectivity index (χ4v) is 4.12. The van der Waals surface area contributed by atoms with E-state index in [1.54, 1.807) is 24.3 Å². The number of tetrazole rings is 1. The Morgan fingerprint density at radius 2 is 1.85 bits per heavy atom. The summed E-state index contributed by atoms with van der Waals surface area (Å²) >= 11 is 1.49. The number of anilines is 1. The van der Waals surface area contributed by atoms with E-state index >= 15 is 0 Å². The molecule has 10 heteroatoms. The lowest BCUT2D eigenvalue weighted by Gasteiger charge is -2.13. The number of H-pyrrole nitrogens is 1. The predicted octanol–water partition coefficient (Wildman–Crippen LogP) is 4.04. The van der Waals surface area contributed by atoms with Crippen molar-refractivity contribution in [1.29, 1.82) is 0 Å². The van der Waals surface area contributed by atoms with Crippen molar-refractivity contribution in [2.75, 3.05) is 11.9 Å². The van der Waals surface area contributed by atoms with E-state index in [1.165, 1.54) is 11.8 Å². The van der Waals surface area contributed by atoms with E-state index in [0.717, 1.165) is 20.9 Å². The van der Waals surface area contributed by atoms with E-state index < -0.39 is 12.6 Å². The van der Waals surface area contributed by atoms with Crippen molar-refractivity contribution in [3.8, 4) is 17.1 Å². The molecular weight excluding hydrogens is 442 g/mol. The van der Waals surface area contributed by atoms with Crippen molar-refractivity contribution in [3.05, 3.63) is 77.9 Å². The summed E-state index contributed by atoms with van der Waals surface area (Å²) in [6.45, 7) is 1.54. The van der Waals surface area contributed by atoms with Crippen molar-refractivity contribution in [2.45, 2.75) is 16.7 Å². The second-order valence-corrected chi connectivity index (χ2v) is 8.08. The fraction of sp³-hybridized carbons (Fsp3) is 0.0870. The smallest absolute Gasteiger partial charge is 0.341 e. The SMILES string of the molecule is Cc1ccc(NC(=O)c2ccc(OCC(=O)O)cc2)c(Sc2ccccc2-c2nn[nH]n2)c1. The van der Waals surface area contributed by atoms with Crippen LogP contribution >= 0.6 is 11.8 Å². The number of rotatable bonds is 8. The summed E-state index contributed by atoms with van der Waals surface area (Å²) in [4.78, 5) is 25.2. The molecule has 3 N–H and O–H groups in total. The molecular formula is C23H19N5O4S. The highest BCUT2D eigenvalue weighted by Gasteiger charge is 2.15. The molecule has 1 heterocycles. The number of carbonyl (C=O) groups excluding carboxylic acids is 1. The maximum absolute atomic E-state index is 12.8. The molecule has 0 spiro atoms. The standard InChI is InChI=1S/C23H19N5O4S/c1-14-6-11-18(24-23(31)15-7-9-16(10-8-15)32-13-21(29)30)20(12-14)33-19-5-3-2-4-17(19)22-25-27-28-26-22/h2-12H,13H2,1H3,(H,24,31)(H,29,30)(H,25,26,27,28). The molecule has 0 bridgehead atoms.